The van der Waals surface area contributed by atoms with Crippen molar-refractivity contribution in [1.82, 2.24) is 0 Å². The lowest BCUT2D eigenvalue weighted by atomic mass is 10.2. The van der Waals surface area contributed by atoms with Crippen LogP contribution in [0.25, 0.3) is 0 Å². The normalized spacial score (nSPS) is 10.5. The Morgan fingerprint density at radius 3 is 2.07 bits per heavy atom. The fourth-order valence-electron chi connectivity index (χ4n) is 0.596. The van der Waals surface area contributed by atoms with Gasteiger partial charge in [-0.05, 0) is 39.8 Å². The van der Waals surface area contributed by atoms with E-state index < -0.39 is 0 Å². The second-order valence-electron chi connectivity index (χ2n) is 4.11. The Balaban J connectivity index is 0.000000288. The monoisotopic (exact) mass is 291 g/mol. The molecule has 4 heteroatoms. The molecule has 15 heavy (non-hydrogen) atoms. The Kier molecular flexibility index (Phi) is 6.32. The van der Waals surface area contributed by atoms with Gasteiger partial charge in [0, 0.05) is 14.8 Å². The highest BCUT2D eigenvalue weighted by molar-refractivity contribution is 9.10. The molecule has 0 aromatic heterocycles. The van der Waals surface area contributed by atoms with E-state index in [2.05, 4.69) is 36.7 Å². The van der Waals surface area contributed by atoms with E-state index in [0.717, 1.165) is 10.0 Å². The molecule has 0 amide bonds. The summed E-state index contributed by atoms with van der Waals surface area (Å²) in [6, 6.07) is 5.36. The van der Waals surface area contributed by atoms with E-state index in [1.54, 1.807) is 12.1 Å². The quantitative estimate of drug-likeness (QED) is 0.714. The van der Waals surface area contributed by atoms with Crippen LogP contribution in [0.2, 0.25) is 0 Å². The SMILES string of the molecule is CC(C)(C)SN.Cc1c(O)cccc1Br. The van der Waals surface area contributed by atoms with Gasteiger partial charge >= 0.3 is 0 Å². The number of aromatic hydroxyl groups is 1. The van der Waals surface area contributed by atoms with E-state index in [1.807, 2.05) is 13.0 Å². The first-order valence-electron chi connectivity index (χ1n) is 4.60. The minimum Gasteiger partial charge on any atom is -0.508 e. The zero-order chi connectivity index (χ0) is 12.1. The molecule has 1 rings (SSSR count). The van der Waals surface area contributed by atoms with Crippen molar-refractivity contribution < 1.29 is 5.11 Å². The van der Waals surface area contributed by atoms with Gasteiger partial charge in [-0.3, -0.25) is 5.14 Å². The van der Waals surface area contributed by atoms with Crippen molar-refractivity contribution >= 4 is 27.9 Å². The second kappa shape index (κ2) is 6.40. The number of halogens is 1. The number of phenols is 1. The van der Waals surface area contributed by atoms with Gasteiger partial charge in [-0.2, -0.15) is 0 Å². The minimum absolute atomic E-state index is 0.236. The van der Waals surface area contributed by atoms with Crippen LogP contribution >= 0.6 is 27.9 Å². The van der Waals surface area contributed by atoms with Crippen LogP contribution in [0.5, 0.6) is 5.75 Å². The fraction of sp³-hybridized carbons (Fsp3) is 0.455. The molecule has 3 N–H and O–H groups in total. The lowest BCUT2D eigenvalue weighted by molar-refractivity contribution is 0.470. The van der Waals surface area contributed by atoms with Crippen molar-refractivity contribution in [3.8, 4) is 5.75 Å². The number of rotatable bonds is 0. The molecule has 0 spiro atoms. The predicted octanol–water partition coefficient (Wildman–Crippen LogP) is 3.85. The second-order valence-corrected chi connectivity index (χ2v) is 6.43. The first-order chi connectivity index (χ1) is 6.78. The average molecular weight is 292 g/mol. The molecule has 0 atom stereocenters. The van der Waals surface area contributed by atoms with Crippen LogP contribution in [0.15, 0.2) is 22.7 Å². The first-order valence-corrected chi connectivity index (χ1v) is 6.27. The van der Waals surface area contributed by atoms with Gasteiger partial charge in [-0.15, -0.1) is 0 Å². The molecule has 86 valence electrons. The van der Waals surface area contributed by atoms with Crippen molar-refractivity contribution in [2.75, 3.05) is 0 Å². The third-order valence-corrected chi connectivity index (χ3v) is 3.16. The first kappa shape index (κ1) is 14.8. The Morgan fingerprint density at radius 2 is 1.80 bits per heavy atom. The smallest absolute Gasteiger partial charge is 0.119 e. The van der Waals surface area contributed by atoms with E-state index in [4.69, 9.17) is 10.2 Å². The van der Waals surface area contributed by atoms with Gasteiger partial charge in [0.1, 0.15) is 5.75 Å². The summed E-state index contributed by atoms with van der Waals surface area (Å²) in [4.78, 5) is 0. The Labute approximate surface area is 105 Å². The van der Waals surface area contributed by atoms with Crippen LogP contribution < -0.4 is 5.14 Å². The summed E-state index contributed by atoms with van der Waals surface area (Å²) >= 11 is 4.67. The van der Waals surface area contributed by atoms with E-state index in [-0.39, 0.29) is 4.75 Å². The number of phenolic OH excluding ortho intramolecular Hbond substituents is 1. The van der Waals surface area contributed by atoms with Crippen LogP contribution in [-0.2, 0) is 0 Å². The summed E-state index contributed by atoms with van der Waals surface area (Å²) < 4.78 is 1.18. The van der Waals surface area contributed by atoms with Crippen LogP contribution in [0.1, 0.15) is 26.3 Å². The lowest BCUT2D eigenvalue weighted by Crippen LogP contribution is -2.09. The molecule has 0 fully saturated rings. The van der Waals surface area contributed by atoms with Crippen molar-refractivity contribution in [2.45, 2.75) is 32.4 Å². The summed E-state index contributed by atoms with van der Waals surface area (Å²) in [7, 11) is 0. The molecule has 0 bridgehead atoms. The number of hydrogen-bond donors (Lipinski definition) is 2. The predicted molar refractivity (Wildman–Crippen MR) is 72.1 cm³/mol. The van der Waals surface area contributed by atoms with Gasteiger partial charge in [-0.1, -0.05) is 33.9 Å². The maximum Gasteiger partial charge on any atom is 0.119 e. The van der Waals surface area contributed by atoms with Crippen molar-refractivity contribution in [3.63, 3.8) is 0 Å². The van der Waals surface area contributed by atoms with Gasteiger partial charge in [0.25, 0.3) is 0 Å². The van der Waals surface area contributed by atoms with Crippen LogP contribution in [0.4, 0.5) is 0 Å². The van der Waals surface area contributed by atoms with Crippen LogP contribution in [-0.4, -0.2) is 9.85 Å². The van der Waals surface area contributed by atoms with Crippen molar-refractivity contribution in [1.29, 1.82) is 0 Å². The van der Waals surface area contributed by atoms with E-state index in [9.17, 15) is 0 Å². The zero-order valence-corrected chi connectivity index (χ0v) is 11.9. The summed E-state index contributed by atoms with van der Waals surface area (Å²) in [5.41, 5.74) is 0.887. The van der Waals surface area contributed by atoms with Crippen LogP contribution in [0, 0.1) is 6.92 Å². The van der Waals surface area contributed by atoms with Crippen molar-refractivity contribution in [3.05, 3.63) is 28.2 Å². The van der Waals surface area contributed by atoms with Crippen LogP contribution in [0.3, 0.4) is 0 Å². The highest BCUT2D eigenvalue weighted by Gasteiger charge is 2.05. The van der Waals surface area contributed by atoms with Gasteiger partial charge in [0.15, 0.2) is 0 Å². The Bertz CT molecular complexity index is 290. The number of benzene rings is 1. The van der Waals surface area contributed by atoms with E-state index >= 15 is 0 Å². The standard InChI is InChI=1S/C7H7BrO.C4H11NS/c1-5-6(8)3-2-4-7(5)9;1-4(2,3)6-5/h2-4,9H,1H3;5H2,1-3H3. The Morgan fingerprint density at radius 1 is 1.33 bits per heavy atom. The third-order valence-electron chi connectivity index (χ3n) is 1.59. The molecule has 0 aliphatic heterocycles. The molecule has 1 aromatic rings. The molecule has 0 saturated carbocycles. The average Bonchev–Trinajstić information content (AvgIpc) is 2.14. The third kappa shape index (κ3) is 6.82. The summed E-state index contributed by atoms with van der Waals surface area (Å²) in [6.45, 7) is 8.10. The molecule has 0 radical (unpaired) electrons. The molecule has 1 aromatic carbocycles. The van der Waals surface area contributed by atoms with Gasteiger partial charge < -0.3 is 5.11 Å². The highest BCUT2D eigenvalue weighted by atomic mass is 79.9. The number of hydrogen-bond acceptors (Lipinski definition) is 3. The van der Waals surface area contributed by atoms with Gasteiger partial charge in [0.2, 0.25) is 0 Å². The summed E-state index contributed by atoms with van der Waals surface area (Å²) in [5, 5.41) is 14.3. The zero-order valence-electron chi connectivity index (χ0n) is 9.54. The topological polar surface area (TPSA) is 46.2 Å². The fourth-order valence-corrected chi connectivity index (χ4v) is 0.952. The van der Waals surface area contributed by atoms with Gasteiger partial charge in [0.05, 0.1) is 0 Å². The molecule has 0 unspecified atom stereocenters. The summed E-state index contributed by atoms with van der Waals surface area (Å²) in [5.74, 6) is 0.337. The maximum atomic E-state index is 9.07. The highest BCUT2D eigenvalue weighted by Crippen LogP contribution is 2.23. The van der Waals surface area contributed by atoms with E-state index in [1.165, 1.54) is 11.9 Å². The minimum atomic E-state index is 0.236. The molecule has 0 saturated heterocycles. The van der Waals surface area contributed by atoms with Crippen molar-refractivity contribution in [2.24, 2.45) is 5.14 Å². The largest absolute Gasteiger partial charge is 0.508 e. The molecule has 0 heterocycles. The molecular weight excluding hydrogens is 274 g/mol. The molecular formula is C11H18BrNOS. The maximum absolute atomic E-state index is 9.07. The Hall–Kier alpha value is -0.190. The molecule has 2 nitrogen and oxygen atoms in total. The molecule has 0 aliphatic rings. The van der Waals surface area contributed by atoms with Gasteiger partial charge in [-0.25, -0.2) is 0 Å². The van der Waals surface area contributed by atoms with E-state index in [0.29, 0.717) is 5.75 Å². The number of nitrogens with two attached hydrogens (primary N) is 1. The summed E-state index contributed by atoms with van der Waals surface area (Å²) in [6.07, 6.45) is 0. The lowest BCUT2D eigenvalue weighted by Gasteiger charge is -2.11. The molecule has 0 aliphatic carbocycles.